The number of carbonyl (C=O) groups is 2. The Labute approximate surface area is 244 Å². The molecular formula is C28H33ClN6O5S. The topological polar surface area (TPSA) is 134 Å². The number of halogens is 1. The summed E-state index contributed by atoms with van der Waals surface area (Å²) in [6, 6.07) is 13.2. The first-order valence-electron chi connectivity index (χ1n) is 13.1. The van der Waals surface area contributed by atoms with E-state index in [-0.39, 0.29) is 22.0 Å². The zero-order valence-electron chi connectivity index (χ0n) is 23.1. The van der Waals surface area contributed by atoms with Gasteiger partial charge in [-0.2, -0.15) is 4.72 Å². The molecule has 1 aliphatic heterocycles. The number of carbonyl (C=O) groups excluding carboxylic acids is 2. The van der Waals surface area contributed by atoms with E-state index >= 15 is 0 Å². The molecule has 41 heavy (non-hydrogen) atoms. The molecular weight excluding hydrogens is 568 g/mol. The molecule has 2 N–H and O–H groups in total. The van der Waals surface area contributed by atoms with Crippen molar-refractivity contribution in [3.8, 4) is 0 Å². The Morgan fingerprint density at radius 3 is 2.22 bits per heavy atom. The maximum Gasteiger partial charge on any atom is 0.326 e. The van der Waals surface area contributed by atoms with Gasteiger partial charge in [0.2, 0.25) is 16.0 Å². The predicted octanol–water partition coefficient (Wildman–Crippen LogP) is 2.88. The molecule has 1 amide bonds. The number of anilines is 2. The minimum atomic E-state index is -4.07. The Kier molecular flexibility index (Phi) is 9.46. The summed E-state index contributed by atoms with van der Waals surface area (Å²) in [5.41, 5.74) is 0.194. The van der Waals surface area contributed by atoms with E-state index in [0.717, 1.165) is 31.9 Å². The van der Waals surface area contributed by atoms with Crippen molar-refractivity contribution in [2.75, 3.05) is 42.5 Å². The van der Waals surface area contributed by atoms with Gasteiger partial charge in [0.25, 0.3) is 5.91 Å². The van der Waals surface area contributed by atoms with Crippen LogP contribution in [0.25, 0.3) is 0 Å². The third kappa shape index (κ3) is 8.15. The fraction of sp³-hybridized carbons (Fsp3) is 0.357. The number of piperazine rings is 1. The first-order valence-corrected chi connectivity index (χ1v) is 14.9. The molecule has 3 aromatic rings. The van der Waals surface area contributed by atoms with Gasteiger partial charge in [-0.1, -0.05) is 29.8 Å². The number of hydrogen-bond acceptors (Lipinski definition) is 9. The predicted molar refractivity (Wildman–Crippen MR) is 157 cm³/mol. The summed E-state index contributed by atoms with van der Waals surface area (Å²) in [7, 11) is -4.07. The third-order valence-corrected chi connectivity index (χ3v) is 7.99. The van der Waals surface area contributed by atoms with Crippen molar-refractivity contribution < 1.29 is 22.7 Å². The van der Waals surface area contributed by atoms with Gasteiger partial charge in [0.1, 0.15) is 11.6 Å². The lowest BCUT2D eigenvalue weighted by Gasteiger charge is -2.36. The molecule has 1 fully saturated rings. The standard InChI is InChI=1S/C28H33ClN6O5S/c1-28(2,3)40-26(37)24(33-41(38,39)21-8-5-4-6-9-21)19-32-25(36)22-11-10-20(18-23(22)29)34-14-16-35(17-15-34)27-30-12-7-13-31-27/h4-13,18,24,33H,14-17,19H2,1-3H3,(H,32,36)/t24-/m0/s1. The second-order valence-electron chi connectivity index (χ2n) is 10.4. The van der Waals surface area contributed by atoms with Crippen molar-refractivity contribution in [3.05, 3.63) is 77.6 Å². The van der Waals surface area contributed by atoms with Gasteiger partial charge >= 0.3 is 5.97 Å². The minimum Gasteiger partial charge on any atom is -0.459 e. The SMILES string of the molecule is CC(C)(C)OC(=O)[C@H](CNC(=O)c1ccc(N2CCN(c3ncccn3)CC2)cc1Cl)NS(=O)(=O)c1ccccc1. The fourth-order valence-corrected chi connectivity index (χ4v) is 5.66. The van der Waals surface area contributed by atoms with Crippen LogP contribution in [0.15, 0.2) is 71.9 Å². The number of ether oxygens (including phenoxy) is 1. The Hall–Kier alpha value is -3.74. The van der Waals surface area contributed by atoms with E-state index in [2.05, 4.69) is 29.8 Å². The Morgan fingerprint density at radius 1 is 0.976 bits per heavy atom. The molecule has 11 nitrogen and oxygen atoms in total. The zero-order chi connectivity index (χ0) is 29.6. The van der Waals surface area contributed by atoms with Crippen molar-refractivity contribution in [2.45, 2.75) is 37.3 Å². The van der Waals surface area contributed by atoms with Gasteiger partial charge in [-0.25, -0.2) is 18.4 Å². The Morgan fingerprint density at radius 2 is 1.61 bits per heavy atom. The van der Waals surface area contributed by atoms with E-state index < -0.39 is 33.5 Å². The smallest absolute Gasteiger partial charge is 0.326 e. The van der Waals surface area contributed by atoms with Crippen molar-refractivity contribution >= 4 is 45.1 Å². The lowest BCUT2D eigenvalue weighted by Crippen LogP contribution is -2.50. The maximum absolute atomic E-state index is 13.0. The first-order chi connectivity index (χ1) is 19.4. The number of esters is 1. The summed E-state index contributed by atoms with van der Waals surface area (Å²) in [5.74, 6) is -0.688. The highest BCUT2D eigenvalue weighted by atomic mass is 35.5. The number of nitrogens with one attached hydrogen (secondary N) is 2. The number of nitrogens with zero attached hydrogens (tertiary/aromatic N) is 4. The average Bonchev–Trinajstić information content (AvgIpc) is 2.95. The average molecular weight is 601 g/mol. The molecule has 2 aromatic carbocycles. The molecule has 2 heterocycles. The molecule has 1 atom stereocenters. The summed E-state index contributed by atoms with van der Waals surface area (Å²) in [5, 5.41) is 2.85. The molecule has 0 aliphatic carbocycles. The van der Waals surface area contributed by atoms with Crippen molar-refractivity contribution in [1.82, 2.24) is 20.0 Å². The van der Waals surface area contributed by atoms with Crippen LogP contribution in [-0.2, 0) is 19.6 Å². The molecule has 1 aliphatic rings. The highest BCUT2D eigenvalue weighted by Gasteiger charge is 2.30. The fourth-order valence-electron chi connectivity index (χ4n) is 4.20. The van der Waals surface area contributed by atoms with Crippen LogP contribution >= 0.6 is 11.6 Å². The van der Waals surface area contributed by atoms with Crippen LogP contribution in [0.4, 0.5) is 11.6 Å². The van der Waals surface area contributed by atoms with Gasteiger partial charge in [0.15, 0.2) is 0 Å². The van der Waals surface area contributed by atoms with E-state index in [9.17, 15) is 18.0 Å². The minimum absolute atomic E-state index is 0.0179. The van der Waals surface area contributed by atoms with E-state index in [1.54, 1.807) is 75.6 Å². The number of benzene rings is 2. The lowest BCUT2D eigenvalue weighted by molar-refractivity contribution is -0.156. The Bertz CT molecular complexity index is 1460. The summed E-state index contributed by atoms with van der Waals surface area (Å²) < 4.78 is 33.6. The van der Waals surface area contributed by atoms with Gasteiger partial charge in [-0.05, 0) is 57.2 Å². The summed E-state index contributed by atoms with van der Waals surface area (Å²) >= 11 is 6.50. The molecule has 1 aromatic heterocycles. The van der Waals surface area contributed by atoms with Crippen LogP contribution in [0.1, 0.15) is 31.1 Å². The second-order valence-corrected chi connectivity index (χ2v) is 12.5. The van der Waals surface area contributed by atoms with Gasteiger partial charge in [0.05, 0.1) is 15.5 Å². The van der Waals surface area contributed by atoms with E-state index in [1.165, 1.54) is 12.1 Å². The number of aromatic nitrogens is 2. The van der Waals surface area contributed by atoms with E-state index in [4.69, 9.17) is 16.3 Å². The molecule has 0 radical (unpaired) electrons. The molecule has 13 heteroatoms. The van der Waals surface area contributed by atoms with E-state index in [0.29, 0.717) is 5.95 Å². The monoisotopic (exact) mass is 600 g/mol. The third-order valence-electron chi connectivity index (χ3n) is 6.19. The lowest BCUT2D eigenvalue weighted by atomic mass is 10.1. The summed E-state index contributed by atoms with van der Waals surface area (Å²) in [6.07, 6.45) is 3.43. The normalized spacial score (nSPS) is 14.8. The van der Waals surface area contributed by atoms with Crippen molar-refractivity contribution in [2.24, 2.45) is 0 Å². The number of sulfonamides is 1. The van der Waals surface area contributed by atoms with Crippen LogP contribution in [-0.4, -0.2) is 74.6 Å². The van der Waals surface area contributed by atoms with Crippen molar-refractivity contribution in [1.29, 1.82) is 0 Å². The molecule has 1 saturated heterocycles. The van der Waals surface area contributed by atoms with Crippen molar-refractivity contribution in [3.63, 3.8) is 0 Å². The summed E-state index contributed by atoms with van der Waals surface area (Å²) in [6.45, 7) is 7.57. The molecule has 218 valence electrons. The number of hydrogen-bond donors (Lipinski definition) is 2. The largest absolute Gasteiger partial charge is 0.459 e. The quantitative estimate of drug-likeness (QED) is 0.356. The summed E-state index contributed by atoms with van der Waals surface area (Å²) in [4.78, 5) is 38.8. The molecule has 0 saturated carbocycles. The Balaban J connectivity index is 1.41. The van der Waals surface area contributed by atoms with Crippen LogP contribution < -0.4 is 19.8 Å². The molecule has 0 spiro atoms. The maximum atomic E-state index is 13.0. The van der Waals surface area contributed by atoms with E-state index in [1.807, 2.05) is 0 Å². The first kappa shape index (κ1) is 30.2. The van der Waals surface area contributed by atoms with Gasteiger partial charge in [0, 0.05) is 50.8 Å². The molecule has 0 unspecified atom stereocenters. The highest BCUT2D eigenvalue weighted by molar-refractivity contribution is 7.89. The number of amides is 1. The van der Waals surface area contributed by atoms with Gasteiger partial charge in [-0.3, -0.25) is 9.59 Å². The van der Waals surface area contributed by atoms with Crippen LogP contribution in [0, 0.1) is 0 Å². The van der Waals surface area contributed by atoms with Crippen LogP contribution in [0.5, 0.6) is 0 Å². The van der Waals surface area contributed by atoms with Crippen LogP contribution in [0.3, 0.4) is 0 Å². The number of rotatable bonds is 9. The molecule has 4 rings (SSSR count). The van der Waals surface area contributed by atoms with Gasteiger partial charge in [-0.15, -0.1) is 0 Å². The van der Waals surface area contributed by atoms with Gasteiger partial charge < -0.3 is 19.9 Å². The second kappa shape index (κ2) is 12.8. The molecule has 0 bridgehead atoms. The van der Waals surface area contributed by atoms with Crippen LogP contribution in [0.2, 0.25) is 5.02 Å². The highest BCUT2D eigenvalue weighted by Crippen LogP contribution is 2.25. The zero-order valence-corrected chi connectivity index (χ0v) is 24.7.